The highest BCUT2D eigenvalue weighted by atomic mass is 79.9. The van der Waals surface area contributed by atoms with Crippen molar-refractivity contribution in [3.63, 3.8) is 0 Å². The quantitative estimate of drug-likeness (QED) is 0.845. The molecule has 1 aliphatic carbocycles. The fourth-order valence-corrected chi connectivity index (χ4v) is 4.03. The Morgan fingerprint density at radius 3 is 2.65 bits per heavy atom. The third-order valence-electron chi connectivity index (χ3n) is 5.03. The van der Waals surface area contributed by atoms with Gasteiger partial charge in [0.25, 0.3) is 0 Å². The van der Waals surface area contributed by atoms with Crippen LogP contribution in [0.1, 0.15) is 50.6 Å². The van der Waals surface area contributed by atoms with Crippen LogP contribution in [0.5, 0.6) is 5.75 Å². The number of rotatable bonds is 2. The van der Waals surface area contributed by atoms with E-state index < -0.39 is 0 Å². The zero-order valence-electron chi connectivity index (χ0n) is 12.4. The van der Waals surface area contributed by atoms with E-state index in [0.29, 0.717) is 12.1 Å². The van der Waals surface area contributed by atoms with Gasteiger partial charge in [0.05, 0.1) is 0 Å². The Kier molecular flexibility index (Phi) is 4.37. The molecule has 1 aromatic rings. The maximum Gasteiger partial charge on any atom is 0.125 e. The minimum atomic E-state index is 0.377. The number of nitrogens with one attached hydrogen (secondary N) is 1. The molecule has 2 aliphatic rings. The van der Waals surface area contributed by atoms with Gasteiger partial charge in [-0.3, -0.25) is 0 Å². The van der Waals surface area contributed by atoms with Crippen molar-refractivity contribution in [3.8, 4) is 5.75 Å². The smallest absolute Gasteiger partial charge is 0.125 e. The highest BCUT2D eigenvalue weighted by Gasteiger charge is 2.34. The van der Waals surface area contributed by atoms with Crippen molar-refractivity contribution in [2.24, 2.45) is 11.8 Å². The number of hydrogen-bond acceptors (Lipinski definition) is 2. The lowest BCUT2D eigenvalue weighted by Gasteiger charge is -2.39. The predicted molar refractivity (Wildman–Crippen MR) is 86.1 cm³/mol. The Morgan fingerprint density at radius 2 is 1.95 bits per heavy atom. The van der Waals surface area contributed by atoms with Gasteiger partial charge in [0.1, 0.15) is 11.9 Å². The molecule has 0 bridgehead atoms. The van der Waals surface area contributed by atoms with Crippen LogP contribution in [0.4, 0.5) is 0 Å². The molecule has 0 aromatic heterocycles. The summed E-state index contributed by atoms with van der Waals surface area (Å²) in [7, 11) is 2.06. The Morgan fingerprint density at radius 1 is 1.20 bits per heavy atom. The first-order chi connectivity index (χ1) is 9.67. The van der Waals surface area contributed by atoms with Gasteiger partial charge in [0.2, 0.25) is 0 Å². The fraction of sp³-hybridized carbons (Fsp3) is 0.647. The maximum atomic E-state index is 6.35. The van der Waals surface area contributed by atoms with Crippen LogP contribution in [0.2, 0.25) is 0 Å². The fourth-order valence-electron chi connectivity index (χ4n) is 3.69. The highest BCUT2D eigenvalue weighted by molar-refractivity contribution is 9.10. The average Bonchev–Trinajstić information content (AvgIpc) is 2.46. The van der Waals surface area contributed by atoms with Crippen molar-refractivity contribution in [2.75, 3.05) is 7.05 Å². The topological polar surface area (TPSA) is 21.3 Å². The normalized spacial score (nSPS) is 33.4. The molecule has 2 nitrogen and oxygen atoms in total. The zero-order valence-corrected chi connectivity index (χ0v) is 13.9. The molecule has 20 heavy (non-hydrogen) atoms. The molecule has 0 amide bonds. The van der Waals surface area contributed by atoms with Crippen molar-refractivity contribution in [2.45, 2.75) is 51.2 Å². The Balaban J connectivity index is 1.79. The SMILES string of the molecule is CNC1CC(C2CCC(C)CC2)Oc2cc(Br)ccc21. The number of halogens is 1. The van der Waals surface area contributed by atoms with Gasteiger partial charge < -0.3 is 10.1 Å². The van der Waals surface area contributed by atoms with E-state index in [2.05, 4.69) is 53.4 Å². The van der Waals surface area contributed by atoms with Gasteiger partial charge in [0.15, 0.2) is 0 Å². The summed E-state index contributed by atoms with van der Waals surface area (Å²) in [6.45, 7) is 2.38. The molecular weight excluding hydrogens is 314 g/mol. The monoisotopic (exact) mass is 337 g/mol. The van der Waals surface area contributed by atoms with Crippen molar-refractivity contribution in [3.05, 3.63) is 28.2 Å². The van der Waals surface area contributed by atoms with Crippen molar-refractivity contribution < 1.29 is 4.74 Å². The standard InChI is InChI=1S/C17H24BrNO/c1-11-3-5-12(6-4-11)16-10-15(19-2)14-8-7-13(18)9-17(14)20-16/h7-9,11-12,15-16,19H,3-6,10H2,1-2H3. The van der Waals surface area contributed by atoms with Crippen LogP contribution in [0, 0.1) is 11.8 Å². The molecule has 1 aliphatic heterocycles. The molecule has 2 unspecified atom stereocenters. The second-order valence-corrected chi connectivity index (χ2v) is 7.35. The summed E-state index contributed by atoms with van der Waals surface area (Å²) in [5, 5.41) is 3.46. The molecule has 0 saturated heterocycles. The van der Waals surface area contributed by atoms with Crippen LogP contribution in [0.25, 0.3) is 0 Å². The molecule has 0 radical (unpaired) electrons. The molecule has 1 saturated carbocycles. The van der Waals surface area contributed by atoms with E-state index in [-0.39, 0.29) is 0 Å². The van der Waals surface area contributed by atoms with Gasteiger partial charge in [-0.1, -0.05) is 41.8 Å². The van der Waals surface area contributed by atoms with Gasteiger partial charge in [0, 0.05) is 22.5 Å². The average molecular weight is 338 g/mol. The summed E-state index contributed by atoms with van der Waals surface area (Å²) in [4.78, 5) is 0. The van der Waals surface area contributed by atoms with E-state index >= 15 is 0 Å². The summed E-state index contributed by atoms with van der Waals surface area (Å²) in [6.07, 6.45) is 6.85. The Hall–Kier alpha value is -0.540. The molecule has 1 N–H and O–H groups in total. The lowest BCUT2D eigenvalue weighted by molar-refractivity contribution is 0.0662. The summed E-state index contributed by atoms with van der Waals surface area (Å²) < 4.78 is 7.45. The van der Waals surface area contributed by atoms with Gasteiger partial charge in [-0.05, 0) is 43.9 Å². The van der Waals surface area contributed by atoms with Crippen LogP contribution in [0.3, 0.4) is 0 Å². The molecule has 2 atom stereocenters. The van der Waals surface area contributed by atoms with Crippen LogP contribution < -0.4 is 10.1 Å². The van der Waals surface area contributed by atoms with Crippen LogP contribution in [0.15, 0.2) is 22.7 Å². The minimum Gasteiger partial charge on any atom is -0.490 e. The highest BCUT2D eigenvalue weighted by Crippen LogP contribution is 2.41. The molecule has 110 valence electrons. The number of benzene rings is 1. The van der Waals surface area contributed by atoms with E-state index in [1.165, 1.54) is 31.2 Å². The van der Waals surface area contributed by atoms with Gasteiger partial charge in [-0.25, -0.2) is 0 Å². The Bertz CT molecular complexity index is 468. The van der Waals surface area contributed by atoms with Crippen molar-refractivity contribution in [1.29, 1.82) is 0 Å². The zero-order chi connectivity index (χ0) is 14.1. The second-order valence-electron chi connectivity index (χ2n) is 6.44. The van der Waals surface area contributed by atoms with Gasteiger partial charge >= 0.3 is 0 Å². The molecule has 0 spiro atoms. The molecular formula is C17H24BrNO. The summed E-state index contributed by atoms with van der Waals surface area (Å²) in [5.74, 6) is 2.69. The van der Waals surface area contributed by atoms with Crippen molar-refractivity contribution >= 4 is 15.9 Å². The van der Waals surface area contributed by atoms with Crippen molar-refractivity contribution in [1.82, 2.24) is 5.32 Å². The van der Waals surface area contributed by atoms with Crippen LogP contribution in [-0.4, -0.2) is 13.2 Å². The Labute approximate surface area is 130 Å². The second kappa shape index (κ2) is 6.07. The molecule has 3 rings (SSSR count). The van der Waals surface area contributed by atoms with E-state index in [1.807, 2.05) is 0 Å². The van der Waals surface area contributed by atoms with Gasteiger partial charge in [-0.2, -0.15) is 0 Å². The minimum absolute atomic E-state index is 0.377. The lowest BCUT2D eigenvalue weighted by atomic mass is 9.77. The number of hydrogen-bond donors (Lipinski definition) is 1. The summed E-state index contributed by atoms with van der Waals surface area (Å²) in [6, 6.07) is 6.84. The first-order valence-corrected chi connectivity index (χ1v) is 8.60. The van der Waals surface area contributed by atoms with Crippen LogP contribution in [-0.2, 0) is 0 Å². The predicted octanol–water partition coefficient (Wildman–Crippen LogP) is 4.69. The lowest BCUT2D eigenvalue weighted by Crippen LogP contribution is -2.37. The summed E-state index contributed by atoms with van der Waals surface area (Å²) in [5.41, 5.74) is 1.30. The van der Waals surface area contributed by atoms with E-state index in [9.17, 15) is 0 Å². The number of ether oxygens (including phenoxy) is 1. The first-order valence-electron chi connectivity index (χ1n) is 7.80. The maximum absolute atomic E-state index is 6.35. The molecule has 1 fully saturated rings. The molecule has 1 aromatic carbocycles. The summed E-state index contributed by atoms with van der Waals surface area (Å²) >= 11 is 3.56. The van der Waals surface area contributed by atoms with E-state index in [1.54, 1.807) is 0 Å². The van der Waals surface area contributed by atoms with E-state index in [0.717, 1.165) is 28.5 Å². The van der Waals surface area contributed by atoms with E-state index in [4.69, 9.17) is 4.74 Å². The molecule has 1 heterocycles. The number of fused-ring (bicyclic) bond motifs is 1. The van der Waals surface area contributed by atoms with Gasteiger partial charge in [-0.15, -0.1) is 0 Å². The first kappa shape index (κ1) is 14.4. The third kappa shape index (κ3) is 2.89. The largest absolute Gasteiger partial charge is 0.490 e. The third-order valence-corrected chi connectivity index (χ3v) is 5.53. The van der Waals surface area contributed by atoms with Crippen LogP contribution >= 0.6 is 15.9 Å². The molecule has 3 heteroatoms.